The highest BCUT2D eigenvalue weighted by atomic mass is 16.7. The van der Waals surface area contributed by atoms with Crippen molar-refractivity contribution in [3.05, 3.63) is 71.6 Å². The number of hydroxylamine groups is 1. The largest absolute Gasteiger partial charge is 0.490 e. The van der Waals surface area contributed by atoms with E-state index in [0.29, 0.717) is 11.5 Å². The minimum absolute atomic E-state index is 0.127. The molecular weight excluding hydrogens is 304 g/mol. The summed E-state index contributed by atoms with van der Waals surface area (Å²) in [6, 6.07) is 15.0. The van der Waals surface area contributed by atoms with E-state index in [-0.39, 0.29) is 5.76 Å². The van der Waals surface area contributed by atoms with Crippen LogP contribution in [-0.4, -0.2) is 25.1 Å². The van der Waals surface area contributed by atoms with Crippen molar-refractivity contribution in [3.63, 3.8) is 0 Å². The number of rotatable bonds is 4. The Morgan fingerprint density at radius 1 is 1.12 bits per heavy atom. The van der Waals surface area contributed by atoms with Gasteiger partial charge in [0, 0.05) is 12.6 Å². The lowest BCUT2D eigenvalue weighted by atomic mass is 10.2. The van der Waals surface area contributed by atoms with E-state index in [1.165, 1.54) is 18.2 Å². The second kappa shape index (κ2) is 8.39. The maximum Gasteiger partial charge on any atom is 0.397 e. The summed E-state index contributed by atoms with van der Waals surface area (Å²) < 4.78 is 4.93. The minimum atomic E-state index is -0.593. The van der Waals surface area contributed by atoms with Crippen molar-refractivity contribution in [1.82, 2.24) is 4.98 Å². The molecule has 0 spiro atoms. The van der Waals surface area contributed by atoms with Crippen LogP contribution in [0.4, 0.5) is 5.82 Å². The minimum Gasteiger partial charge on any atom is -0.490 e. The van der Waals surface area contributed by atoms with Crippen LogP contribution in [0, 0.1) is 11.8 Å². The van der Waals surface area contributed by atoms with Gasteiger partial charge in [-0.25, -0.2) is 9.78 Å². The van der Waals surface area contributed by atoms with Gasteiger partial charge in [0.15, 0.2) is 5.82 Å². The van der Waals surface area contributed by atoms with Crippen LogP contribution in [0.15, 0.2) is 60.4 Å². The second-order valence-electron chi connectivity index (χ2n) is 4.73. The third-order valence-electron chi connectivity index (χ3n) is 3.07. The van der Waals surface area contributed by atoms with Crippen molar-refractivity contribution < 1.29 is 14.4 Å². The molecule has 0 radical (unpaired) electrons. The number of benzene rings is 1. The molecule has 122 valence electrons. The van der Waals surface area contributed by atoms with E-state index in [4.69, 9.17) is 9.57 Å². The molecule has 0 unspecified atom stereocenters. The number of carbonyl (C=O) groups excluding carboxylic acids is 1. The van der Waals surface area contributed by atoms with Gasteiger partial charge in [-0.05, 0) is 43.2 Å². The highest BCUT2D eigenvalue weighted by Gasteiger charge is 2.15. The summed E-state index contributed by atoms with van der Waals surface area (Å²) in [4.78, 5) is 21.4. The van der Waals surface area contributed by atoms with Crippen LogP contribution in [0.2, 0.25) is 0 Å². The van der Waals surface area contributed by atoms with Crippen LogP contribution >= 0.6 is 0 Å². The Morgan fingerprint density at radius 3 is 2.54 bits per heavy atom. The molecule has 1 heterocycles. The predicted molar refractivity (Wildman–Crippen MR) is 91.9 cm³/mol. The molecular formula is C19H18N2O3. The molecule has 5 nitrogen and oxygen atoms in total. The summed E-state index contributed by atoms with van der Waals surface area (Å²) in [5.41, 5.74) is 1.49. The van der Waals surface area contributed by atoms with Gasteiger partial charge in [0.2, 0.25) is 5.76 Å². The summed E-state index contributed by atoms with van der Waals surface area (Å²) in [7, 11) is 3.01. The summed E-state index contributed by atoms with van der Waals surface area (Å²) in [6.07, 6.45) is 1.53. The maximum atomic E-state index is 11.9. The topological polar surface area (TPSA) is 51.7 Å². The molecule has 24 heavy (non-hydrogen) atoms. The first-order valence-corrected chi connectivity index (χ1v) is 7.34. The summed E-state index contributed by atoms with van der Waals surface area (Å²) in [6.45, 7) is 1.69. The van der Waals surface area contributed by atoms with E-state index >= 15 is 0 Å². The van der Waals surface area contributed by atoms with Gasteiger partial charge in [-0.15, -0.1) is 0 Å². The molecule has 0 saturated carbocycles. The molecule has 0 N–H and O–H groups in total. The normalized spacial score (nSPS) is 10.4. The van der Waals surface area contributed by atoms with Crippen LogP contribution in [0.3, 0.4) is 0 Å². The van der Waals surface area contributed by atoms with Crippen molar-refractivity contribution in [2.75, 3.05) is 19.2 Å². The van der Waals surface area contributed by atoms with E-state index in [0.717, 1.165) is 5.56 Å². The number of nitrogens with zero attached hydrogens (tertiary/aromatic N) is 2. The number of pyridine rings is 1. The molecule has 2 rings (SSSR count). The molecule has 2 aromatic rings. The van der Waals surface area contributed by atoms with Gasteiger partial charge in [-0.1, -0.05) is 30.2 Å². The fourth-order valence-electron chi connectivity index (χ4n) is 1.86. The van der Waals surface area contributed by atoms with Crippen molar-refractivity contribution in [2.24, 2.45) is 0 Å². The van der Waals surface area contributed by atoms with Gasteiger partial charge in [0.05, 0.1) is 7.11 Å². The Hall–Kier alpha value is -3.26. The average molecular weight is 322 g/mol. The Bertz CT molecular complexity index is 789. The lowest BCUT2D eigenvalue weighted by Crippen LogP contribution is -2.25. The third kappa shape index (κ3) is 4.62. The molecule has 1 aromatic heterocycles. The Kier molecular flexibility index (Phi) is 5.98. The smallest absolute Gasteiger partial charge is 0.397 e. The van der Waals surface area contributed by atoms with Crippen LogP contribution in [0.1, 0.15) is 18.2 Å². The van der Waals surface area contributed by atoms with Gasteiger partial charge in [0.25, 0.3) is 0 Å². The molecule has 5 heteroatoms. The van der Waals surface area contributed by atoms with Crippen LogP contribution in [-0.2, 0) is 14.4 Å². The molecule has 0 bridgehead atoms. The highest BCUT2D eigenvalue weighted by Crippen LogP contribution is 2.11. The highest BCUT2D eigenvalue weighted by molar-refractivity contribution is 5.86. The number of hydrogen-bond acceptors (Lipinski definition) is 5. The van der Waals surface area contributed by atoms with E-state index < -0.39 is 5.97 Å². The van der Waals surface area contributed by atoms with Gasteiger partial charge in [-0.3, -0.25) is 0 Å². The molecule has 0 atom stereocenters. The van der Waals surface area contributed by atoms with Crippen molar-refractivity contribution in [1.29, 1.82) is 0 Å². The number of allylic oxidation sites excluding steroid dienone is 1. The van der Waals surface area contributed by atoms with Gasteiger partial charge in [0.1, 0.15) is 5.69 Å². The van der Waals surface area contributed by atoms with Crippen molar-refractivity contribution >= 4 is 11.8 Å². The fraction of sp³-hybridized carbons (Fsp3) is 0.158. The number of aromatic nitrogens is 1. The van der Waals surface area contributed by atoms with Crippen LogP contribution in [0.5, 0.6) is 0 Å². The Balaban J connectivity index is 2.13. The second-order valence-corrected chi connectivity index (χ2v) is 4.73. The number of ether oxygens (including phenoxy) is 1. The summed E-state index contributed by atoms with van der Waals surface area (Å²) in [5, 5.41) is 1.28. The predicted octanol–water partition coefficient (Wildman–Crippen LogP) is 2.93. The van der Waals surface area contributed by atoms with E-state index in [1.54, 1.807) is 32.2 Å². The van der Waals surface area contributed by atoms with Crippen LogP contribution < -0.4 is 5.06 Å². The zero-order valence-corrected chi connectivity index (χ0v) is 13.8. The molecule has 0 aliphatic rings. The molecule has 0 fully saturated rings. The monoisotopic (exact) mass is 322 g/mol. The lowest BCUT2D eigenvalue weighted by molar-refractivity contribution is -0.143. The van der Waals surface area contributed by atoms with Gasteiger partial charge >= 0.3 is 5.97 Å². The van der Waals surface area contributed by atoms with Crippen molar-refractivity contribution in [2.45, 2.75) is 6.92 Å². The number of methoxy groups -OCH3 is 1. The average Bonchev–Trinajstić information content (AvgIpc) is 2.62. The van der Waals surface area contributed by atoms with E-state index in [1.807, 2.05) is 30.3 Å². The van der Waals surface area contributed by atoms with Crippen LogP contribution in [0.25, 0.3) is 0 Å². The quantitative estimate of drug-likeness (QED) is 0.375. The standard InChI is InChI=1S/C19H18N2O3/c1-4-17(23-3)19(22)24-21(2)18-12-8-11-16(20-18)14-13-15-9-6-5-7-10-15/h4-12H,1-3H3. The molecule has 1 aromatic carbocycles. The lowest BCUT2D eigenvalue weighted by Gasteiger charge is -2.17. The first kappa shape index (κ1) is 17.1. The number of carbonyl (C=O) groups is 1. The summed E-state index contributed by atoms with van der Waals surface area (Å²) in [5.74, 6) is 6.03. The van der Waals surface area contributed by atoms with E-state index in [2.05, 4.69) is 16.8 Å². The SMILES string of the molecule is CC=C(OC)C(=O)ON(C)c1cccc(C#Cc2ccccc2)n1. The first-order valence-electron chi connectivity index (χ1n) is 7.34. The third-order valence-corrected chi connectivity index (χ3v) is 3.07. The van der Waals surface area contributed by atoms with E-state index in [9.17, 15) is 4.79 Å². The zero-order chi connectivity index (χ0) is 17.4. The molecule has 0 aliphatic carbocycles. The Morgan fingerprint density at radius 2 is 1.88 bits per heavy atom. The summed E-state index contributed by atoms with van der Waals surface area (Å²) >= 11 is 0. The fourth-order valence-corrected chi connectivity index (χ4v) is 1.86. The molecule has 0 amide bonds. The number of anilines is 1. The first-order chi connectivity index (χ1) is 11.6. The Labute approximate surface area is 141 Å². The van der Waals surface area contributed by atoms with Gasteiger partial charge in [-0.2, -0.15) is 5.06 Å². The number of hydrogen-bond donors (Lipinski definition) is 0. The van der Waals surface area contributed by atoms with Gasteiger partial charge < -0.3 is 9.57 Å². The molecule has 0 saturated heterocycles. The zero-order valence-electron chi connectivity index (χ0n) is 13.8. The maximum absolute atomic E-state index is 11.9. The molecule has 0 aliphatic heterocycles. The van der Waals surface area contributed by atoms with Crippen molar-refractivity contribution in [3.8, 4) is 11.8 Å².